The van der Waals surface area contributed by atoms with Crippen molar-refractivity contribution in [2.24, 2.45) is 0 Å². The van der Waals surface area contributed by atoms with E-state index in [1.807, 2.05) is 24.3 Å². The Morgan fingerprint density at radius 3 is 2.52 bits per heavy atom. The summed E-state index contributed by atoms with van der Waals surface area (Å²) in [4.78, 5) is 1.73. The molecule has 4 heteroatoms. The fourth-order valence-corrected chi connectivity index (χ4v) is 6.40. The summed E-state index contributed by atoms with van der Waals surface area (Å²) >= 11 is 1.74. The molecule has 1 heterocycles. The predicted octanol–water partition coefficient (Wildman–Crippen LogP) is 3.83. The van der Waals surface area contributed by atoms with Gasteiger partial charge in [0.2, 0.25) is 0 Å². The van der Waals surface area contributed by atoms with Crippen molar-refractivity contribution < 1.29 is 8.42 Å². The summed E-state index contributed by atoms with van der Waals surface area (Å²) < 4.78 is 24.7. The Balaban J connectivity index is 1.91. The lowest BCUT2D eigenvalue weighted by Gasteiger charge is -2.23. The summed E-state index contributed by atoms with van der Waals surface area (Å²) in [7, 11) is -3.14. The van der Waals surface area contributed by atoms with Gasteiger partial charge in [-0.25, -0.2) is 8.42 Å². The highest BCUT2D eigenvalue weighted by molar-refractivity contribution is 7.99. The van der Waals surface area contributed by atoms with Gasteiger partial charge in [-0.05, 0) is 30.2 Å². The summed E-state index contributed by atoms with van der Waals surface area (Å²) in [5.41, 5.74) is 1.88. The van der Waals surface area contributed by atoms with Crippen LogP contribution in [0.5, 0.6) is 0 Å². The molecular weight excluding hydrogens is 300 g/mol. The van der Waals surface area contributed by atoms with Crippen molar-refractivity contribution in [2.75, 3.05) is 11.5 Å². The number of sulfone groups is 1. The van der Waals surface area contributed by atoms with Crippen LogP contribution in [0.2, 0.25) is 0 Å². The third kappa shape index (κ3) is 2.62. The van der Waals surface area contributed by atoms with Crippen LogP contribution in [0.3, 0.4) is 0 Å². The monoisotopic (exact) mass is 318 g/mol. The number of hydrogen-bond donors (Lipinski definition) is 0. The minimum Gasteiger partial charge on any atom is -0.224 e. The van der Waals surface area contributed by atoms with Gasteiger partial charge < -0.3 is 0 Å². The first-order chi connectivity index (χ1) is 9.92. The molecule has 0 saturated heterocycles. The third-order valence-electron chi connectivity index (χ3n) is 4.02. The second kappa shape index (κ2) is 5.18. The van der Waals surface area contributed by atoms with E-state index in [0.717, 1.165) is 11.3 Å². The lowest BCUT2D eigenvalue weighted by molar-refractivity contribution is 0.577. The van der Waals surface area contributed by atoms with Crippen molar-refractivity contribution in [3.63, 3.8) is 0 Å². The van der Waals surface area contributed by atoms with Crippen molar-refractivity contribution >= 4 is 21.6 Å². The van der Waals surface area contributed by atoms with Crippen LogP contribution in [0.25, 0.3) is 0 Å². The van der Waals surface area contributed by atoms with Crippen molar-refractivity contribution in [3.05, 3.63) is 59.7 Å². The minimum atomic E-state index is -3.14. The summed E-state index contributed by atoms with van der Waals surface area (Å²) in [6.07, 6.45) is 0. The number of hydrogen-bond acceptors (Lipinski definition) is 3. The van der Waals surface area contributed by atoms with Crippen LogP contribution in [0.15, 0.2) is 58.3 Å². The predicted molar refractivity (Wildman–Crippen MR) is 87.7 cm³/mol. The van der Waals surface area contributed by atoms with E-state index < -0.39 is 9.84 Å². The van der Waals surface area contributed by atoms with Crippen molar-refractivity contribution in [3.8, 4) is 0 Å². The average Bonchev–Trinajstić information content (AvgIpc) is 2.66. The largest absolute Gasteiger partial charge is 0.224 e. The molecule has 0 aromatic heterocycles. The molecule has 2 aromatic carbocycles. The van der Waals surface area contributed by atoms with Crippen molar-refractivity contribution in [1.29, 1.82) is 0 Å². The summed E-state index contributed by atoms with van der Waals surface area (Å²) in [6, 6.07) is 15.6. The lowest BCUT2D eigenvalue weighted by atomic mass is 9.87. The van der Waals surface area contributed by atoms with E-state index in [1.54, 1.807) is 23.9 Å². The zero-order valence-electron chi connectivity index (χ0n) is 12.2. The highest BCUT2D eigenvalue weighted by atomic mass is 32.2. The van der Waals surface area contributed by atoms with E-state index in [-0.39, 0.29) is 11.2 Å². The Bertz CT molecular complexity index is 781. The smallest absolute Gasteiger partial charge is 0.179 e. The molecule has 0 radical (unpaired) electrons. The van der Waals surface area contributed by atoms with Gasteiger partial charge in [0.1, 0.15) is 0 Å². The van der Waals surface area contributed by atoms with Crippen LogP contribution in [0.4, 0.5) is 0 Å². The zero-order chi connectivity index (χ0) is 15.1. The summed E-state index contributed by atoms with van der Waals surface area (Å²) in [6.45, 7) is 4.14. The van der Waals surface area contributed by atoms with Crippen LogP contribution in [0, 0.1) is 6.92 Å². The van der Waals surface area contributed by atoms with Gasteiger partial charge in [-0.2, -0.15) is 0 Å². The Kier molecular flexibility index (Phi) is 3.62. The van der Waals surface area contributed by atoms with Crippen molar-refractivity contribution in [1.82, 2.24) is 0 Å². The normalized spacial score (nSPS) is 23.0. The SMILES string of the molecule is Cc1ccccc1SCC1(C)CS(=O)(=O)c2ccccc21. The molecule has 0 bridgehead atoms. The molecule has 0 saturated carbocycles. The van der Waals surface area contributed by atoms with E-state index in [1.165, 1.54) is 10.5 Å². The van der Waals surface area contributed by atoms with Gasteiger partial charge in [0.25, 0.3) is 0 Å². The molecule has 0 fully saturated rings. The standard InChI is InChI=1S/C17H18O2S2/c1-13-7-3-5-9-15(13)20-11-17(2)12-21(18,19)16-10-6-4-8-14(16)17/h3-10H,11-12H2,1-2H3. The fourth-order valence-electron chi connectivity index (χ4n) is 2.89. The first-order valence-corrected chi connectivity index (χ1v) is 9.57. The molecule has 1 atom stereocenters. The average molecular weight is 318 g/mol. The highest BCUT2D eigenvalue weighted by Crippen LogP contribution is 2.42. The van der Waals surface area contributed by atoms with Gasteiger partial charge in [-0.3, -0.25) is 0 Å². The van der Waals surface area contributed by atoms with E-state index in [4.69, 9.17) is 0 Å². The van der Waals surface area contributed by atoms with Gasteiger partial charge in [0.05, 0.1) is 10.6 Å². The molecule has 0 spiro atoms. The fraction of sp³-hybridized carbons (Fsp3) is 0.294. The Morgan fingerprint density at radius 1 is 1.10 bits per heavy atom. The van der Waals surface area contributed by atoms with Gasteiger partial charge in [0.15, 0.2) is 9.84 Å². The van der Waals surface area contributed by atoms with Crippen molar-refractivity contribution in [2.45, 2.75) is 29.1 Å². The molecule has 1 aliphatic rings. The maximum atomic E-state index is 12.3. The van der Waals surface area contributed by atoms with E-state index in [0.29, 0.717) is 4.90 Å². The molecular formula is C17H18O2S2. The molecule has 1 unspecified atom stereocenters. The van der Waals surface area contributed by atoms with Crippen LogP contribution in [0.1, 0.15) is 18.1 Å². The second-order valence-electron chi connectivity index (χ2n) is 5.87. The lowest BCUT2D eigenvalue weighted by Crippen LogP contribution is -2.27. The first-order valence-electron chi connectivity index (χ1n) is 6.93. The molecule has 3 rings (SSSR count). The summed E-state index contributed by atoms with van der Waals surface area (Å²) in [5, 5.41) is 0. The van der Waals surface area contributed by atoms with Gasteiger partial charge >= 0.3 is 0 Å². The van der Waals surface area contributed by atoms with Gasteiger partial charge in [-0.1, -0.05) is 43.3 Å². The van der Waals surface area contributed by atoms with Gasteiger partial charge in [-0.15, -0.1) is 11.8 Å². The number of thioether (sulfide) groups is 1. The first kappa shape index (κ1) is 14.7. The molecule has 0 N–H and O–H groups in total. The molecule has 0 aliphatic carbocycles. The van der Waals surface area contributed by atoms with Gasteiger partial charge in [0, 0.05) is 16.1 Å². The van der Waals surface area contributed by atoms with Crippen LogP contribution >= 0.6 is 11.8 Å². The Labute approximate surface area is 130 Å². The number of fused-ring (bicyclic) bond motifs is 1. The third-order valence-corrected chi connectivity index (χ3v) is 7.61. The van der Waals surface area contributed by atoms with Crippen LogP contribution in [-0.2, 0) is 15.3 Å². The second-order valence-corrected chi connectivity index (χ2v) is 8.85. The Morgan fingerprint density at radius 2 is 1.76 bits per heavy atom. The van der Waals surface area contributed by atoms with E-state index in [9.17, 15) is 8.42 Å². The molecule has 1 aliphatic heterocycles. The Hall–Kier alpha value is -1.26. The zero-order valence-corrected chi connectivity index (χ0v) is 13.8. The maximum absolute atomic E-state index is 12.3. The van der Waals surface area contributed by atoms with Crippen LogP contribution < -0.4 is 0 Å². The molecule has 2 aromatic rings. The minimum absolute atomic E-state index is 0.207. The quantitative estimate of drug-likeness (QED) is 0.807. The number of rotatable bonds is 3. The van der Waals surface area contributed by atoms with Crippen LogP contribution in [-0.4, -0.2) is 19.9 Å². The number of aryl methyl sites for hydroxylation is 1. The topological polar surface area (TPSA) is 34.1 Å². The van der Waals surface area contributed by atoms with E-state index in [2.05, 4.69) is 26.0 Å². The molecule has 21 heavy (non-hydrogen) atoms. The molecule has 110 valence electrons. The van der Waals surface area contributed by atoms with E-state index >= 15 is 0 Å². The maximum Gasteiger partial charge on any atom is 0.179 e. The molecule has 0 amide bonds. The molecule has 2 nitrogen and oxygen atoms in total. The highest BCUT2D eigenvalue weighted by Gasteiger charge is 2.43. The number of benzene rings is 2. The summed E-state index contributed by atoms with van der Waals surface area (Å²) in [5.74, 6) is 0.978.